The molecule has 6 nitrogen and oxygen atoms in total. The number of rotatable bonds is 3. The second-order valence-corrected chi connectivity index (χ2v) is 6.50. The Hall–Kier alpha value is -1.68. The number of fused-ring (bicyclic) bond motifs is 1. The highest BCUT2D eigenvalue weighted by molar-refractivity contribution is 7.14. The molecule has 24 heavy (non-hydrogen) atoms. The number of aromatic nitrogens is 1. The van der Waals surface area contributed by atoms with Crippen LogP contribution >= 0.6 is 11.3 Å². The molecule has 0 spiro atoms. The van der Waals surface area contributed by atoms with Crippen molar-refractivity contribution in [3.05, 3.63) is 11.1 Å². The topological polar surface area (TPSA) is 75.0 Å². The molecule has 1 aliphatic carbocycles. The maximum Gasteiger partial charge on any atom is 0.439 e. The number of thiazole rings is 1. The van der Waals surface area contributed by atoms with Crippen LogP contribution < -0.4 is 5.01 Å². The number of alkyl halides is 3. The highest BCUT2D eigenvalue weighted by atomic mass is 32.1. The summed E-state index contributed by atoms with van der Waals surface area (Å²) in [4.78, 5) is 15.5. The molecular formula is C14H16F3N3O3S. The first-order valence-corrected chi connectivity index (χ1v) is 8.46. The van der Waals surface area contributed by atoms with Gasteiger partial charge in [0.15, 0.2) is 5.69 Å². The predicted molar refractivity (Wildman–Crippen MR) is 80.9 cm³/mol. The Morgan fingerprint density at radius 2 is 2.29 bits per heavy atom. The minimum absolute atomic E-state index is 0.101. The molecule has 0 radical (unpaired) electrons. The lowest BCUT2D eigenvalue weighted by Crippen LogP contribution is -2.60. The first kappa shape index (κ1) is 17.2. The van der Waals surface area contributed by atoms with E-state index in [0.717, 1.165) is 17.8 Å². The minimum atomic E-state index is -4.91. The number of aliphatic hydroxyl groups is 1. The van der Waals surface area contributed by atoms with Crippen LogP contribution in [0.1, 0.15) is 43.1 Å². The lowest BCUT2D eigenvalue weighted by Gasteiger charge is -2.38. The van der Waals surface area contributed by atoms with Crippen LogP contribution in [-0.2, 0) is 4.74 Å². The second kappa shape index (κ2) is 5.99. The minimum Gasteiger partial charge on any atom is -0.461 e. The number of nitrogens with zero attached hydrogens (tertiary/aromatic N) is 3. The van der Waals surface area contributed by atoms with Gasteiger partial charge in [-0.25, -0.2) is 9.78 Å². The summed E-state index contributed by atoms with van der Waals surface area (Å²) in [7, 11) is 0. The van der Waals surface area contributed by atoms with Crippen LogP contribution in [0.15, 0.2) is 10.5 Å². The van der Waals surface area contributed by atoms with E-state index in [1.165, 1.54) is 5.38 Å². The number of esters is 1. The molecule has 0 saturated heterocycles. The van der Waals surface area contributed by atoms with Crippen LogP contribution in [-0.4, -0.2) is 40.3 Å². The lowest BCUT2D eigenvalue weighted by atomic mass is 9.80. The zero-order valence-corrected chi connectivity index (χ0v) is 13.7. The summed E-state index contributed by atoms with van der Waals surface area (Å²) in [6, 6.07) is 0. The average Bonchev–Trinajstić information content (AvgIpc) is 3.11. The number of anilines is 1. The van der Waals surface area contributed by atoms with E-state index in [0.29, 0.717) is 23.6 Å². The molecule has 0 amide bonds. The lowest BCUT2D eigenvalue weighted by molar-refractivity contribution is -0.269. The number of halogens is 3. The van der Waals surface area contributed by atoms with Crippen molar-refractivity contribution < 1.29 is 27.8 Å². The van der Waals surface area contributed by atoms with Crippen molar-refractivity contribution in [3.63, 3.8) is 0 Å². The summed E-state index contributed by atoms with van der Waals surface area (Å²) in [6.45, 7) is 1.75. The van der Waals surface area contributed by atoms with Crippen LogP contribution in [0.3, 0.4) is 0 Å². The van der Waals surface area contributed by atoms with E-state index in [1.807, 2.05) is 0 Å². The Kier molecular flexibility index (Phi) is 4.28. The Morgan fingerprint density at radius 1 is 1.54 bits per heavy atom. The van der Waals surface area contributed by atoms with Gasteiger partial charge in [0.1, 0.15) is 0 Å². The zero-order valence-electron chi connectivity index (χ0n) is 12.8. The molecule has 132 valence electrons. The predicted octanol–water partition coefficient (Wildman–Crippen LogP) is 2.94. The molecule has 0 bridgehead atoms. The van der Waals surface area contributed by atoms with Crippen LogP contribution in [0.4, 0.5) is 18.3 Å². The standard InChI is InChI=1S/C14H16F3N3O3S/c1-2-23-11(21)10-7-24-12(18-10)20-13(22,14(15,16)17)8-5-3-4-6-9(8)19-20/h7-8,22H,2-6H2,1H3/t8-,13-/m0/s1. The first-order chi connectivity index (χ1) is 11.3. The fraction of sp³-hybridized carbons (Fsp3) is 0.643. The van der Waals surface area contributed by atoms with Gasteiger partial charge in [0.05, 0.1) is 12.5 Å². The van der Waals surface area contributed by atoms with Crippen molar-refractivity contribution in [1.29, 1.82) is 0 Å². The molecule has 1 fully saturated rings. The molecule has 1 saturated carbocycles. The summed E-state index contributed by atoms with van der Waals surface area (Å²) in [5.41, 5.74) is -2.91. The molecule has 2 heterocycles. The normalized spacial score (nSPS) is 27.0. The number of hydrogen-bond acceptors (Lipinski definition) is 7. The molecule has 1 aromatic rings. The largest absolute Gasteiger partial charge is 0.461 e. The molecule has 0 aromatic carbocycles. The van der Waals surface area contributed by atoms with Gasteiger partial charge in [-0.05, 0) is 26.2 Å². The van der Waals surface area contributed by atoms with Gasteiger partial charge in [0, 0.05) is 11.1 Å². The van der Waals surface area contributed by atoms with Gasteiger partial charge in [0.2, 0.25) is 5.13 Å². The van der Waals surface area contributed by atoms with Gasteiger partial charge in [-0.2, -0.15) is 23.3 Å². The number of hydrogen-bond donors (Lipinski definition) is 1. The quantitative estimate of drug-likeness (QED) is 0.836. The van der Waals surface area contributed by atoms with Crippen LogP contribution in [0.2, 0.25) is 0 Å². The Bertz CT molecular complexity index is 676. The molecule has 2 aliphatic rings. The number of ether oxygens (including phenoxy) is 1. The zero-order chi connectivity index (χ0) is 17.5. The number of carbonyl (C=O) groups is 1. The highest BCUT2D eigenvalue weighted by Gasteiger charge is 2.67. The average molecular weight is 363 g/mol. The molecule has 3 rings (SSSR count). The SMILES string of the molecule is CCOC(=O)c1csc(N2N=C3CCCC[C@@H]3[C@]2(O)C(F)(F)F)n1. The monoisotopic (exact) mass is 363 g/mol. The fourth-order valence-corrected chi connectivity index (χ4v) is 3.86. The van der Waals surface area contributed by atoms with E-state index in [-0.39, 0.29) is 23.9 Å². The molecular weight excluding hydrogens is 347 g/mol. The van der Waals surface area contributed by atoms with Crippen molar-refractivity contribution in [3.8, 4) is 0 Å². The van der Waals surface area contributed by atoms with E-state index in [1.54, 1.807) is 6.92 Å². The smallest absolute Gasteiger partial charge is 0.439 e. The van der Waals surface area contributed by atoms with Crippen LogP contribution in [0.25, 0.3) is 0 Å². The summed E-state index contributed by atoms with van der Waals surface area (Å²) < 4.78 is 45.8. The Balaban J connectivity index is 1.99. The van der Waals surface area contributed by atoms with Crippen LogP contribution in [0, 0.1) is 5.92 Å². The number of carbonyl (C=O) groups excluding carboxylic acids is 1. The highest BCUT2D eigenvalue weighted by Crippen LogP contribution is 2.50. The van der Waals surface area contributed by atoms with Crippen molar-refractivity contribution in [2.45, 2.75) is 44.5 Å². The molecule has 10 heteroatoms. The van der Waals surface area contributed by atoms with E-state index < -0.39 is 23.8 Å². The molecule has 2 atom stereocenters. The Morgan fingerprint density at radius 3 is 2.96 bits per heavy atom. The van der Waals surface area contributed by atoms with Gasteiger partial charge in [-0.1, -0.05) is 6.42 Å². The van der Waals surface area contributed by atoms with E-state index in [4.69, 9.17) is 4.74 Å². The van der Waals surface area contributed by atoms with Crippen LogP contribution in [0.5, 0.6) is 0 Å². The molecule has 0 unspecified atom stereocenters. The third-order valence-corrected chi connectivity index (χ3v) is 5.01. The summed E-state index contributed by atoms with van der Waals surface area (Å²) >= 11 is 0.812. The van der Waals surface area contributed by atoms with Gasteiger partial charge in [-0.3, -0.25) is 0 Å². The first-order valence-electron chi connectivity index (χ1n) is 7.58. The molecule has 1 N–H and O–H groups in total. The maximum absolute atomic E-state index is 13.7. The van der Waals surface area contributed by atoms with Crippen molar-refractivity contribution >= 4 is 28.1 Å². The van der Waals surface area contributed by atoms with E-state index in [2.05, 4.69) is 10.1 Å². The van der Waals surface area contributed by atoms with Gasteiger partial charge in [0.25, 0.3) is 5.72 Å². The molecule has 1 aliphatic heterocycles. The Labute approximate surface area is 139 Å². The van der Waals surface area contributed by atoms with E-state index >= 15 is 0 Å². The van der Waals surface area contributed by atoms with Gasteiger partial charge < -0.3 is 9.84 Å². The van der Waals surface area contributed by atoms with Gasteiger partial charge in [-0.15, -0.1) is 11.3 Å². The fourth-order valence-electron chi connectivity index (χ4n) is 3.07. The van der Waals surface area contributed by atoms with Crippen molar-refractivity contribution in [2.75, 3.05) is 11.6 Å². The van der Waals surface area contributed by atoms with E-state index in [9.17, 15) is 23.1 Å². The molecule has 1 aromatic heterocycles. The van der Waals surface area contributed by atoms with Gasteiger partial charge >= 0.3 is 12.1 Å². The van der Waals surface area contributed by atoms with Crippen molar-refractivity contribution in [2.24, 2.45) is 11.0 Å². The summed E-state index contributed by atoms with van der Waals surface area (Å²) in [5.74, 6) is -1.83. The maximum atomic E-state index is 13.7. The third-order valence-electron chi connectivity index (χ3n) is 4.19. The van der Waals surface area contributed by atoms with Crippen molar-refractivity contribution in [1.82, 2.24) is 4.98 Å². The number of hydrazone groups is 1. The summed E-state index contributed by atoms with van der Waals surface area (Å²) in [5, 5.41) is 16.2. The summed E-state index contributed by atoms with van der Waals surface area (Å²) in [6.07, 6.45) is -2.95. The third kappa shape index (κ3) is 2.57. The second-order valence-electron chi connectivity index (χ2n) is 5.66.